The van der Waals surface area contributed by atoms with Gasteiger partial charge in [0.2, 0.25) is 0 Å². The van der Waals surface area contributed by atoms with Crippen molar-refractivity contribution in [2.45, 2.75) is 155 Å². The molecule has 1 heterocycles. The minimum absolute atomic E-state index is 0.0466. The smallest absolute Gasteiger partial charge is 0.460 e. The Balaban J connectivity index is 2.00. The van der Waals surface area contributed by atoms with Gasteiger partial charge in [-0.15, -0.1) is 0 Å². The first-order valence-electron chi connectivity index (χ1n) is 20.1. The number of esters is 3. The van der Waals surface area contributed by atoms with E-state index in [2.05, 4.69) is 5.32 Å². The standard InChI is InChI=1S/C43H63NO16/c1-22-25(57-35(50)28(47)31(38(3,4)5)44-36(51)59-40(9,10)11)20-43(53,39(6,7)8)33(58-34(49)24-17-15-14-16-18-24)30-41(12,32(48)29(22)56-23(2)45)26(46)19-27-42(30,21-55-27)60-37(52)54-13/h14-18,22,25-31,33,46-47,53H,19-21H2,1-13H3,(H,44,51)/t22?,25-,26-,27+,28+,29+,30?,31+,33-,41+,42-,43+/m1/s1. The molecule has 1 aliphatic heterocycles. The normalized spacial score (nSPS) is 33.0. The number of carbonyl (C=O) groups is 6. The van der Waals surface area contributed by atoms with Crippen molar-refractivity contribution in [1.82, 2.24) is 5.32 Å². The van der Waals surface area contributed by atoms with Crippen LogP contribution in [-0.4, -0.2) is 124 Å². The summed E-state index contributed by atoms with van der Waals surface area (Å²) >= 11 is 0. The molecule has 0 radical (unpaired) electrons. The lowest BCUT2D eigenvalue weighted by Gasteiger charge is -2.64. The van der Waals surface area contributed by atoms with Crippen molar-refractivity contribution in [2.75, 3.05) is 13.7 Å². The van der Waals surface area contributed by atoms with Crippen LogP contribution in [0.3, 0.4) is 0 Å². The van der Waals surface area contributed by atoms with Gasteiger partial charge in [-0.2, -0.15) is 0 Å². The Morgan fingerprint density at radius 3 is 2.03 bits per heavy atom. The molecule has 60 heavy (non-hydrogen) atoms. The highest BCUT2D eigenvalue weighted by Gasteiger charge is 2.76. The molecule has 2 unspecified atom stereocenters. The Morgan fingerprint density at radius 2 is 1.55 bits per heavy atom. The van der Waals surface area contributed by atoms with Crippen LogP contribution in [0.5, 0.6) is 0 Å². The van der Waals surface area contributed by atoms with Crippen molar-refractivity contribution < 1.29 is 77.2 Å². The number of amides is 1. The minimum atomic E-state index is -2.37. The zero-order valence-corrected chi connectivity index (χ0v) is 36.9. The number of ether oxygens (including phenoxy) is 7. The monoisotopic (exact) mass is 849 g/mol. The first-order valence-corrected chi connectivity index (χ1v) is 20.1. The van der Waals surface area contributed by atoms with Crippen LogP contribution in [0, 0.1) is 28.1 Å². The van der Waals surface area contributed by atoms with Crippen molar-refractivity contribution in [3.05, 3.63) is 35.9 Å². The van der Waals surface area contributed by atoms with E-state index in [9.17, 15) is 39.3 Å². The number of fused-ring (bicyclic) bond motifs is 3. The number of ketones is 1. The highest BCUT2D eigenvalue weighted by atomic mass is 16.8. The number of benzene rings is 1. The molecule has 1 saturated heterocycles. The van der Waals surface area contributed by atoms with Crippen LogP contribution in [0.1, 0.15) is 106 Å². The minimum Gasteiger partial charge on any atom is -0.460 e. The predicted octanol–water partition coefficient (Wildman–Crippen LogP) is 4.05. The Labute approximate surface area is 351 Å². The second kappa shape index (κ2) is 17.2. The number of carbonyl (C=O) groups excluding carboxylic acids is 6. The largest absolute Gasteiger partial charge is 0.508 e. The molecule has 0 bridgehead atoms. The van der Waals surface area contributed by atoms with Crippen LogP contribution >= 0.6 is 0 Å². The van der Waals surface area contributed by atoms with Gasteiger partial charge in [0.1, 0.15) is 29.5 Å². The molecule has 3 aliphatic rings. The van der Waals surface area contributed by atoms with Crippen LogP contribution < -0.4 is 5.32 Å². The van der Waals surface area contributed by atoms with Crippen LogP contribution in [0.15, 0.2) is 30.3 Å². The Kier molecular flexibility index (Phi) is 13.9. The average molecular weight is 850 g/mol. The number of rotatable bonds is 8. The van der Waals surface area contributed by atoms with Gasteiger partial charge in [0.15, 0.2) is 23.6 Å². The molecule has 0 aromatic heterocycles. The molecular formula is C43H63NO16. The predicted molar refractivity (Wildman–Crippen MR) is 211 cm³/mol. The highest BCUT2D eigenvalue weighted by molar-refractivity contribution is 5.93. The second-order valence-corrected chi connectivity index (χ2v) is 19.6. The Hall–Kier alpha value is -4.32. The lowest BCUT2D eigenvalue weighted by molar-refractivity contribution is -0.341. The highest BCUT2D eigenvalue weighted by Crippen LogP contribution is 2.61. The number of nitrogens with one attached hydrogen (secondary N) is 1. The van der Waals surface area contributed by atoms with Gasteiger partial charge in [0, 0.05) is 25.7 Å². The topological polar surface area (TPSA) is 240 Å². The summed E-state index contributed by atoms with van der Waals surface area (Å²) in [7, 11) is 1.07. The van der Waals surface area contributed by atoms with Crippen LogP contribution in [0.25, 0.3) is 0 Å². The summed E-state index contributed by atoms with van der Waals surface area (Å²) in [6, 6.07) is 6.46. The van der Waals surface area contributed by atoms with E-state index < -0.39 is 130 Å². The molecule has 1 amide bonds. The van der Waals surface area contributed by atoms with Gasteiger partial charge in [-0.3, -0.25) is 9.59 Å². The van der Waals surface area contributed by atoms with Gasteiger partial charge in [-0.25, -0.2) is 19.2 Å². The summed E-state index contributed by atoms with van der Waals surface area (Å²) < 4.78 is 40.3. The molecule has 3 fully saturated rings. The first-order chi connectivity index (χ1) is 27.4. The third kappa shape index (κ3) is 9.43. The first kappa shape index (κ1) is 48.3. The number of aliphatic hydroxyl groups is 3. The fourth-order valence-electron chi connectivity index (χ4n) is 8.66. The molecule has 2 saturated carbocycles. The van der Waals surface area contributed by atoms with Crippen molar-refractivity contribution >= 4 is 35.9 Å². The summed E-state index contributed by atoms with van der Waals surface area (Å²) in [6.45, 7) is 18.2. The fraction of sp³-hybridized carbons (Fsp3) is 0.721. The quantitative estimate of drug-likeness (QED) is 0.213. The lowest BCUT2D eigenvalue weighted by atomic mass is 9.49. The molecule has 12 atom stereocenters. The van der Waals surface area contributed by atoms with Crippen molar-refractivity contribution in [1.29, 1.82) is 0 Å². The Morgan fingerprint density at radius 1 is 0.950 bits per heavy atom. The van der Waals surface area contributed by atoms with Gasteiger partial charge in [-0.05, 0) is 50.7 Å². The maximum atomic E-state index is 15.4. The van der Waals surface area contributed by atoms with Crippen molar-refractivity contribution in [3.63, 3.8) is 0 Å². The van der Waals surface area contributed by atoms with Gasteiger partial charge in [0.25, 0.3) is 0 Å². The molecular weight excluding hydrogens is 786 g/mol. The summed E-state index contributed by atoms with van der Waals surface area (Å²) in [5, 5.41) is 39.8. The maximum absolute atomic E-state index is 15.4. The molecule has 1 aromatic rings. The van der Waals surface area contributed by atoms with Crippen LogP contribution in [0.2, 0.25) is 0 Å². The average Bonchev–Trinajstić information content (AvgIpc) is 3.14. The maximum Gasteiger partial charge on any atom is 0.508 e. The van der Waals surface area contributed by atoms with Crippen molar-refractivity contribution in [2.24, 2.45) is 28.1 Å². The van der Waals surface area contributed by atoms with E-state index in [1.165, 1.54) is 26.0 Å². The zero-order chi connectivity index (χ0) is 45.6. The molecule has 0 spiro atoms. The van der Waals surface area contributed by atoms with Gasteiger partial charge >= 0.3 is 30.2 Å². The van der Waals surface area contributed by atoms with E-state index in [4.69, 9.17) is 33.2 Å². The number of hydrogen-bond donors (Lipinski definition) is 4. The third-order valence-electron chi connectivity index (χ3n) is 12.2. The zero-order valence-electron chi connectivity index (χ0n) is 36.9. The molecule has 17 nitrogen and oxygen atoms in total. The molecule has 4 N–H and O–H groups in total. The molecule has 17 heteroatoms. The van der Waals surface area contributed by atoms with Gasteiger partial charge in [-0.1, -0.05) is 66.7 Å². The number of alkyl carbamates (subject to hydrolysis) is 1. The van der Waals surface area contributed by atoms with Crippen LogP contribution in [0.4, 0.5) is 9.59 Å². The summed E-state index contributed by atoms with van der Waals surface area (Å²) in [4.78, 5) is 82.7. The van der Waals surface area contributed by atoms with E-state index >= 15 is 4.79 Å². The number of Topliss-reactive ketones (excluding diaryl/α,β-unsaturated/α-hetero) is 1. The lowest BCUT2D eigenvalue weighted by Crippen LogP contribution is -2.80. The number of aliphatic hydroxyl groups excluding tert-OH is 2. The van der Waals surface area contributed by atoms with Gasteiger partial charge in [0.05, 0.1) is 42.8 Å². The Bertz CT molecular complexity index is 1780. The van der Waals surface area contributed by atoms with Gasteiger partial charge < -0.3 is 53.8 Å². The van der Waals surface area contributed by atoms with E-state index in [1.807, 2.05) is 0 Å². The third-order valence-corrected chi connectivity index (χ3v) is 12.2. The fourth-order valence-corrected chi connectivity index (χ4v) is 8.66. The van der Waals surface area contributed by atoms with E-state index in [0.29, 0.717) is 0 Å². The molecule has 4 rings (SSSR count). The SMILES string of the molecule is COC(=O)O[C@]12CO[C@H]1C[C@@H](O)[C@]1(C)C(=O)[C@@H](OC(C)=O)C(C)[C@H](OC(=O)[C@@H](O)[C@H](NC(=O)OC(C)(C)C)C(C)(C)C)C[C@@](O)(C(C)(C)C)[C@H](OC(=O)c3ccccc3)C21. The molecule has 336 valence electrons. The van der Waals surface area contributed by atoms with Crippen LogP contribution in [-0.2, 0) is 47.5 Å². The summed E-state index contributed by atoms with van der Waals surface area (Å²) in [5.74, 6) is -7.05. The molecule has 1 aromatic carbocycles. The second-order valence-electron chi connectivity index (χ2n) is 19.6. The summed E-state index contributed by atoms with van der Waals surface area (Å²) in [6.07, 6.45) is -13.1. The number of hydrogen-bond acceptors (Lipinski definition) is 16. The van der Waals surface area contributed by atoms with E-state index in [-0.39, 0.29) is 18.6 Å². The van der Waals surface area contributed by atoms with E-state index in [1.54, 1.807) is 80.5 Å². The van der Waals surface area contributed by atoms with E-state index in [0.717, 1.165) is 14.0 Å². The van der Waals surface area contributed by atoms with Crippen molar-refractivity contribution in [3.8, 4) is 0 Å². The number of methoxy groups -OCH3 is 1. The summed E-state index contributed by atoms with van der Waals surface area (Å²) in [5.41, 5.74) is -9.64. The molecule has 2 aliphatic carbocycles.